The number of rotatable bonds is 0. The molecule has 17 heavy (non-hydrogen) atoms. The number of amides is 1. The first-order valence-electron chi connectivity index (χ1n) is 5.82. The maximum atomic E-state index is 11.9. The molecule has 2 rings (SSSR count). The smallest absolute Gasteiger partial charge is 0.410 e. The molecule has 2 atom stereocenters. The van der Waals surface area contributed by atoms with E-state index < -0.39 is 5.60 Å². The SMILES string of the molecule is CC(C)(C)OC(=O)N1CC2CN(C(N)=S)C2C1. The van der Waals surface area contributed by atoms with Crippen LogP contribution in [0.2, 0.25) is 0 Å². The van der Waals surface area contributed by atoms with Gasteiger partial charge in [-0.05, 0) is 33.0 Å². The van der Waals surface area contributed by atoms with E-state index in [-0.39, 0.29) is 6.09 Å². The molecule has 2 aliphatic heterocycles. The Bertz CT molecular complexity index is 353. The van der Waals surface area contributed by atoms with Crippen molar-refractivity contribution in [3.63, 3.8) is 0 Å². The number of likely N-dealkylation sites (tertiary alicyclic amines) is 2. The van der Waals surface area contributed by atoms with Crippen molar-refractivity contribution >= 4 is 23.4 Å². The third-order valence-corrected chi connectivity index (χ3v) is 3.41. The Hall–Kier alpha value is -1.04. The fourth-order valence-corrected chi connectivity index (χ4v) is 2.58. The average molecular weight is 257 g/mol. The summed E-state index contributed by atoms with van der Waals surface area (Å²) in [5.74, 6) is 0.490. The number of carbonyl (C=O) groups is 1. The first kappa shape index (κ1) is 12.4. The highest BCUT2D eigenvalue weighted by Crippen LogP contribution is 2.32. The number of nitrogens with zero attached hydrogens (tertiary/aromatic N) is 2. The summed E-state index contributed by atoms with van der Waals surface area (Å²) in [6.45, 7) is 7.89. The molecule has 0 aliphatic carbocycles. The molecule has 5 nitrogen and oxygen atoms in total. The lowest BCUT2D eigenvalue weighted by molar-refractivity contribution is 0.0290. The number of hydrogen-bond donors (Lipinski definition) is 1. The van der Waals surface area contributed by atoms with Crippen LogP contribution in [0.15, 0.2) is 0 Å². The van der Waals surface area contributed by atoms with E-state index in [0.717, 1.165) is 13.1 Å². The quantitative estimate of drug-likeness (QED) is 0.650. The van der Waals surface area contributed by atoms with Crippen LogP contribution in [0.25, 0.3) is 0 Å². The molecule has 6 heteroatoms. The van der Waals surface area contributed by atoms with E-state index in [4.69, 9.17) is 22.7 Å². The van der Waals surface area contributed by atoms with Crippen LogP contribution in [-0.4, -0.2) is 52.3 Å². The number of fused-ring (bicyclic) bond motifs is 1. The number of carbonyl (C=O) groups excluding carboxylic acids is 1. The Kier molecular flexibility index (Phi) is 2.93. The number of thiocarbonyl (C=S) groups is 1. The summed E-state index contributed by atoms with van der Waals surface area (Å²) < 4.78 is 5.35. The van der Waals surface area contributed by atoms with Crippen LogP contribution in [-0.2, 0) is 4.74 Å². The lowest BCUT2D eigenvalue weighted by Crippen LogP contribution is -2.59. The van der Waals surface area contributed by atoms with E-state index in [9.17, 15) is 4.79 Å². The van der Waals surface area contributed by atoms with Crippen LogP contribution in [0.3, 0.4) is 0 Å². The molecule has 2 unspecified atom stereocenters. The minimum Gasteiger partial charge on any atom is -0.444 e. The maximum Gasteiger partial charge on any atom is 0.410 e. The molecule has 0 radical (unpaired) electrons. The lowest BCUT2D eigenvalue weighted by Gasteiger charge is -2.43. The fraction of sp³-hybridized carbons (Fsp3) is 0.818. The topological polar surface area (TPSA) is 58.8 Å². The van der Waals surface area contributed by atoms with E-state index in [2.05, 4.69) is 0 Å². The highest BCUT2D eigenvalue weighted by Gasteiger charge is 2.48. The van der Waals surface area contributed by atoms with Gasteiger partial charge in [0.1, 0.15) is 5.60 Å². The van der Waals surface area contributed by atoms with E-state index in [1.807, 2.05) is 25.7 Å². The molecule has 2 N–H and O–H groups in total. The van der Waals surface area contributed by atoms with Crippen LogP contribution in [0.5, 0.6) is 0 Å². The van der Waals surface area contributed by atoms with Crippen molar-refractivity contribution in [1.82, 2.24) is 9.80 Å². The van der Waals surface area contributed by atoms with Crippen LogP contribution < -0.4 is 5.73 Å². The summed E-state index contributed by atoms with van der Waals surface area (Å²) in [5.41, 5.74) is 5.16. The van der Waals surface area contributed by atoms with Gasteiger partial charge in [-0.1, -0.05) is 0 Å². The van der Waals surface area contributed by atoms with Crippen molar-refractivity contribution in [2.45, 2.75) is 32.4 Å². The summed E-state index contributed by atoms with van der Waals surface area (Å²) >= 11 is 4.95. The molecule has 96 valence electrons. The number of nitrogens with two attached hydrogens (primary N) is 1. The molecule has 2 fully saturated rings. The number of ether oxygens (including phenoxy) is 1. The molecular formula is C11H19N3O2S. The molecular weight excluding hydrogens is 238 g/mol. The highest BCUT2D eigenvalue weighted by molar-refractivity contribution is 7.80. The van der Waals surface area contributed by atoms with Crippen molar-refractivity contribution in [2.24, 2.45) is 11.7 Å². The monoisotopic (exact) mass is 257 g/mol. The van der Waals surface area contributed by atoms with Crippen LogP contribution in [0, 0.1) is 5.92 Å². The zero-order valence-electron chi connectivity index (χ0n) is 10.5. The van der Waals surface area contributed by atoms with Crippen LogP contribution in [0.1, 0.15) is 20.8 Å². The van der Waals surface area contributed by atoms with Crippen molar-refractivity contribution in [2.75, 3.05) is 19.6 Å². The largest absolute Gasteiger partial charge is 0.444 e. The first-order chi connectivity index (χ1) is 7.78. The van der Waals surface area contributed by atoms with Gasteiger partial charge in [-0.2, -0.15) is 0 Å². The second-order valence-corrected chi connectivity index (χ2v) is 6.12. The van der Waals surface area contributed by atoms with Crippen molar-refractivity contribution in [3.8, 4) is 0 Å². The van der Waals surface area contributed by atoms with E-state index in [0.29, 0.717) is 23.6 Å². The highest BCUT2D eigenvalue weighted by atomic mass is 32.1. The average Bonchev–Trinajstić information content (AvgIpc) is 2.40. The van der Waals surface area contributed by atoms with Gasteiger partial charge in [0.25, 0.3) is 0 Å². The molecule has 1 amide bonds. The summed E-state index contributed by atoms with van der Waals surface area (Å²) in [6, 6.07) is 0.292. The summed E-state index contributed by atoms with van der Waals surface area (Å²) in [7, 11) is 0. The molecule has 2 aliphatic rings. The standard InChI is InChI=1S/C11H19N3O2S/c1-11(2,3)16-10(15)13-4-7-5-14(9(12)17)8(7)6-13/h7-8H,4-6H2,1-3H3,(H2,12,17). The van der Waals surface area contributed by atoms with E-state index >= 15 is 0 Å². The lowest BCUT2D eigenvalue weighted by atomic mass is 9.93. The number of hydrogen-bond acceptors (Lipinski definition) is 3. The van der Waals surface area contributed by atoms with E-state index in [1.54, 1.807) is 4.90 Å². The fourth-order valence-electron chi connectivity index (χ4n) is 2.37. The minimum atomic E-state index is -0.443. The van der Waals surface area contributed by atoms with E-state index in [1.165, 1.54) is 0 Å². The summed E-state index contributed by atoms with van der Waals surface area (Å²) in [4.78, 5) is 15.6. The van der Waals surface area contributed by atoms with Crippen LogP contribution in [0.4, 0.5) is 4.79 Å². The van der Waals surface area contributed by atoms with Gasteiger partial charge < -0.3 is 20.3 Å². The molecule has 0 aromatic heterocycles. The third-order valence-electron chi connectivity index (χ3n) is 3.17. The van der Waals surface area contributed by atoms with Gasteiger partial charge in [-0.3, -0.25) is 0 Å². The Morgan fingerprint density at radius 2 is 2.00 bits per heavy atom. The van der Waals surface area contributed by atoms with Gasteiger partial charge in [-0.15, -0.1) is 0 Å². The Morgan fingerprint density at radius 1 is 1.35 bits per heavy atom. The second-order valence-electron chi connectivity index (χ2n) is 5.70. The predicted molar refractivity (Wildman–Crippen MR) is 68.6 cm³/mol. The Morgan fingerprint density at radius 3 is 2.53 bits per heavy atom. The van der Waals surface area contributed by atoms with Crippen molar-refractivity contribution in [1.29, 1.82) is 0 Å². The van der Waals surface area contributed by atoms with Crippen LogP contribution >= 0.6 is 12.2 Å². The third kappa shape index (κ3) is 2.46. The summed E-state index contributed by atoms with van der Waals surface area (Å²) in [6.07, 6.45) is -0.241. The maximum absolute atomic E-state index is 11.9. The zero-order chi connectivity index (χ0) is 12.8. The molecule has 0 spiro atoms. The molecule has 2 heterocycles. The van der Waals surface area contributed by atoms with Gasteiger partial charge in [0, 0.05) is 25.6 Å². The Balaban J connectivity index is 1.91. The first-order valence-corrected chi connectivity index (χ1v) is 6.23. The van der Waals surface area contributed by atoms with Crippen molar-refractivity contribution < 1.29 is 9.53 Å². The second kappa shape index (κ2) is 4.01. The molecule has 0 aromatic carbocycles. The zero-order valence-corrected chi connectivity index (χ0v) is 11.3. The normalized spacial score (nSPS) is 27.5. The van der Waals surface area contributed by atoms with Gasteiger partial charge in [0.2, 0.25) is 0 Å². The summed E-state index contributed by atoms with van der Waals surface area (Å²) in [5, 5.41) is 0.428. The molecule has 2 saturated heterocycles. The van der Waals surface area contributed by atoms with Gasteiger partial charge in [-0.25, -0.2) is 4.79 Å². The molecule has 0 saturated carbocycles. The minimum absolute atomic E-state index is 0.241. The van der Waals surface area contributed by atoms with Gasteiger partial charge in [0.05, 0.1) is 6.04 Å². The Labute approximate surface area is 107 Å². The molecule has 0 aromatic rings. The van der Waals surface area contributed by atoms with Gasteiger partial charge >= 0.3 is 6.09 Å². The van der Waals surface area contributed by atoms with Gasteiger partial charge in [0.15, 0.2) is 5.11 Å². The van der Waals surface area contributed by atoms with Crippen molar-refractivity contribution in [3.05, 3.63) is 0 Å². The predicted octanol–water partition coefficient (Wildman–Crippen LogP) is 0.781. The molecule has 0 bridgehead atoms.